The number of fused-ring (bicyclic) bond motifs is 3. The largest absolute Gasteiger partial charge is 0.479 e. The van der Waals surface area contributed by atoms with E-state index in [0.717, 1.165) is 27.1 Å². The minimum atomic E-state index is -0.271. The van der Waals surface area contributed by atoms with Crippen LogP contribution in [0, 0.1) is 5.92 Å². The number of halogens is 1. The maximum absolute atomic E-state index is 12.2. The van der Waals surface area contributed by atoms with E-state index >= 15 is 0 Å². The fraction of sp³-hybridized carbons (Fsp3) is 0.133. The minimum absolute atomic E-state index is 0.00486. The number of hydrogen-bond acceptors (Lipinski definition) is 2. The Hall–Kier alpha value is -1.81. The second kappa shape index (κ2) is 3.84. The van der Waals surface area contributed by atoms with Crippen LogP contribution < -0.4 is 5.32 Å². The third-order valence-electron chi connectivity index (χ3n) is 3.62. The lowest BCUT2D eigenvalue weighted by Gasteiger charge is -2.26. The average molecular weight is 316 g/mol. The summed E-state index contributed by atoms with van der Waals surface area (Å²) in [5.41, 5.74) is 2.78. The smallest absolute Gasteiger partial charge is 0.236 e. The number of allylic oxidation sites excluding steroid dienone is 5. The molecule has 19 heavy (non-hydrogen) atoms. The molecule has 2 heterocycles. The molecule has 2 unspecified atom stereocenters. The highest BCUT2D eigenvalue weighted by atomic mass is 79.9. The molecular formula is C15H10BrNO2. The van der Waals surface area contributed by atoms with Crippen molar-refractivity contribution in [2.45, 2.75) is 6.10 Å². The molecule has 0 radical (unpaired) electrons. The Morgan fingerprint density at radius 1 is 1.16 bits per heavy atom. The molecule has 0 aromatic rings. The predicted octanol–water partition coefficient (Wildman–Crippen LogP) is 2.61. The molecule has 0 fully saturated rings. The van der Waals surface area contributed by atoms with Gasteiger partial charge in [-0.25, -0.2) is 0 Å². The van der Waals surface area contributed by atoms with Crippen molar-refractivity contribution in [1.82, 2.24) is 5.32 Å². The predicted molar refractivity (Wildman–Crippen MR) is 75.0 cm³/mol. The van der Waals surface area contributed by atoms with Crippen molar-refractivity contribution in [2.24, 2.45) is 5.92 Å². The fourth-order valence-electron chi connectivity index (χ4n) is 2.72. The first-order valence-electron chi connectivity index (χ1n) is 6.10. The lowest BCUT2D eigenvalue weighted by Crippen LogP contribution is -2.36. The summed E-state index contributed by atoms with van der Waals surface area (Å²) in [6, 6.07) is 0. The van der Waals surface area contributed by atoms with Crippen LogP contribution in [0.3, 0.4) is 0 Å². The highest BCUT2D eigenvalue weighted by Gasteiger charge is 2.39. The van der Waals surface area contributed by atoms with E-state index in [2.05, 4.69) is 21.2 Å². The molecular weight excluding hydrogens is 306 g/mol. The number of carbonyl (C=O) groups excluding carboxylic acids is 1. The molecule has 0 saturated heterocycles. The molecule has 2 atom stereocenters. The van der Waals surface area contributed by atoms with Crippen molar-refractivity contribution < 1.29 is 9.53 Å². The summed E-state index contributed by atoms with van der Waals surface area (Å²) in [5.74, 6) is 0.523. The zero-order valence-corrected chi connectivity index (χ0v) is 11.5. The number of carbonyl (C=O) groups is 1. The summed E-state index contributed by atoms with van der Waals surface area (Å²) in [6.07, 6.45) is 13.6. The van der Waals surface area contributed by atoms with Gasteiger partial charge < -0.3 is 10.1 Å². The highest BCUT2D eigenvalue weighted by molar-refractivity contribution is 9.11. The quantitative estimate of drug-likeness (QED) is 0.746. The third kappa shape index (κ3) is 1.53. The first-order chi connectivity index (χ1) is 9.24. The number of hydrogen-bond donors (Lipinski definition) is 1. The van der Waals surface area contributed by atoms with Gasteiger partial charge in [0, 0.05) is 15.6 Å². The molecule has 0 saturated carbocycles. The SMILES string of the molecule is O=C1NC2=C3C=CC=CC3OC2=C2C=CC(Br)=CC12. The topological polar surface area (TPSA) is 38.3 Å². The molecule has 4 rings (SSSR count). The van der Waals surface area contributed by atoms with Gasteiger partial charge in [-0.3, -0.25) is 4.79 Å². The molecule has 0 spiro atoms. The molecule has 3 nitrogen and oxygen atoms in total. The van der Waals surface area contributed by atoms with Gasteiger partial charge in [0.2, 0.25) is 5.91 Å². The molecule has 0 bridgehead atoms. The van der Waals surface area contributed by atoms with Crippen molar-refractivity contribution in [3.8, 4) is 0 Å². The Labute approximate surface area is 118 Å². The van der Waals surface area contributed by atoms with Gasteiger partial charge in [0.1, 0.15) is 11.9 Å². The van der Waals surface area contributed by atoms with Crippen molar-refractivity contribution in [1.29, 1.82) is 0 Å². The van der Waals surface area contributed by atoms with Gasteiger partial charge >= 0.3 is 0 Å². The van der Waals surface area contributed by atoms with Crippen molar-refractivity contribution in [3.63, 3.8) is 0 Å². The normalized spacial score (nSPS) is 30.6. The molecule has 1 N–H and O–H groups in total. The monoisotopic (exact) mass is 315 g/mol. The van der Waals surface area contributed by atoms with Crippen LogP contribution in [0.15, 0.2) is 69.6 Å². The van der Waals surface area contributed by atoms with Crippen LogP contribution >= 0.6 is 15.9 Å². The van der Waals surface area contributed by atoms with E-state index in [1.54, 1.807) is 0 Å². The second-order valence-electron chi connectivity index (χ2n) is 4.75. The first kappa shape index (κ1) is 11.1. The minimum Gasteiger partial charge on any atom is -0.479 e. The van der Waals surface area contributed by atoms with E-state index in [-0.39, 0.29) is 17.9 Å². The summed E-state index contributed by atoms with van der Waals surface area (Å²) in [5, 5.41) is 2.97. The van der Waals surface area contributed by atoms with E-state index < -0.39 is 0 Å². The van der Waals surface area contributed by atoms with Gasteiger partial charge in [0.15, 0.2) is 0 Å². The Balaban J connectivity index is 1.91. The van der Waals surface area contributed by atoms with E-state index in [1.807, 2.05) is 42.5 Å². The van der Waals surface area contributed by atoms with E-state index in [1.165, 1.54) is 0 Å². The van der Waals surface area contributed by atoms with Gasteiger partial charge in [-0.15, -0.1) is 0 Å². The van der Waals surface area contributed by atoms with Gasteiger partial charge in [-0.1, -0.05) is 46.3 Å². The first-order valence-corrected chi connectivity index (χ1v) is 6.90. The van der Waals surface area contributed by atoms with Crippen LogP contribution in [0.4, 0.5) is 0 Å². The standard InChI is InChI=1S/C15H10BrNO2/c16-8-5-6-9-11(7-8)15(18)17-13-10-3-1-2-4-12(10)19-14(9)13/h1-7,11-12H,(H,17,18). The lowest BCUT2D eigenvalue weighted by atomic mass is 9.88. The van der Waals surface area contributed by atoms with Crippen LogP contribution in [0.5, 0.6) is 0 Å². The maximum Gasteiger partial charge on any atom is 0.236 e. The Morgan fingerprint density at radius 2 is 2.05 bits per heavy atom. The molecule has 0 aromatic heterocycles. The highest BCUT2D eigenvalue weighted by Crippen LogP contribution is 2.41. The molecule has 2 aliphatic heterocycles. The summed E-state index contributed by atoms with van der Waals surface area (Å²) in [6.45, 7) is 0. The number of rotatable bonds is 0. The number of nitrogens with one attached hydrogen (secondary N) is 1. The Bertz CT molecular complexity index is 676. The second-order valence-corrected chi connectivity index (χ2v) is 5.66. The average Bonchev–Trinajstić information content (AvgIpc) is 2.78. The van der Waals surface area contributed by atoms with Gasteiger partial charge in [0.05, 0.1) is 11.6 Å². The van der Waals surface area contributed by atoms with Crippen molar-refractivity contribution in [2.75, 3.05) is 0 Å². The summed E-state index contributed by atoms with van der Waals surface area (Å²) in [7, 11) is 0. The molecule has 94 valence electrons. The lowest BCUT2D eigenvalue weighted by molar-refractivity contribution is -0.122. The van der Waals surface area contributed by atoms with Crippen LogP contribution in [0.25, 0.3) is 0 Å². The zero-order chi connectivity index (χ0) is 13.0. The molecule has 4 heteroatoms. The molecule has 4 aliphatic rings. The fourth-order valence-corrected chi connectivity index (χ4v) is 3.12. The van der Waals surface area contributed by atoms with Gasteiger partial charge in [-0.2, -0.15) is 0 Å². The number of amides is 1. The molecule has 1 amide bonds. The van der Waals surface area contributed by atoms with E-state index in [9.17, 15) is 4.79 Å². The van der Waals surface area contributed by atoms with Crippen LogP contribution in [0.2, 0.25) is 0 Å². The van der Waals surface area contributed by atoms with Crippen molar-refractivity contribution >= 4 is 21.8 Å². The maximum atomic E-state index is 12.2. The van der Waals surface area contributed by atoms with Gasteiger partial charge in [-0.05, 0) is 12.2 Å². The van der Waals surface area contributed by atoms with Crippen LogP contribution in [-0.4, -0.2) is 12.0 Å². The molecule has 0 aromatic carbocycles. The van der Waals surface area contributed by atoms with E-state index in [0.29, 0.717) is 0 Å². The summed E-state index contributed by atoms with van der Waals surface area (Å²) >= 11 is 3.41. The number of ether oxygens (including phenoxy) is 1. The molecule has 2 aliphatic carbocycles. The van der Waals surface area contributed by atoms with Gasteiger partial charge in [0.25, 0.3) is 0 Å². The zero-order valence-electron chi connectivity index (χ0n) is 9.89. The Kier molecular flexibility index (Phi) is 2.23. The Morgan fingerprint density at radius 3 is 2.95 bits per heavy atom. The van der Waals surface area contributed by atoms with Crippen LogP contribution in [-0.2, 0) is 9.53 Å². The summed E-state index contributed by atoms with van der Waals surface area (Å²) in [4.78, 5) is 12.2. The van der Waals surface area contributed by atoms with Crippen LogP contribution in [0.1, 0.15) is 0 Å². The third-order valence-corrected chi connectivity index (χ3v) is 4.14. The summed E-state index contributed by atoms with van der Waals surface area (Å²) < 4.78 is 6.90. The van der Waals surface area contributed by atoms with Crippen molar-refractivity contribution in [3.05, 3.63) is 69.6 Å². The van der Waals surface area contributed by atoms with E-state index in [4.69, 9.17) is 4.74 Å².